The average Bonchev–Trinajstić information content (AvgIpc) is 3.42. The van der Waals surface area contributed by atoms with Gasteiger partial charge in [0.2, 0.25) is 15.9 Å². The number of amides is 1. The van der Waals surface area contributed by atoms with Crippen LogP contribution in [-0.2, 0) is 26.8 Å². The van der Waals surface area contributed by atoms with Crippen molar-refractivity contribution in [1.29, 1.82) is 0 Å². The van der Waals surface area contributed by atoms with Gasteiger partial charge in [-0.2, -0.15) is 0 Å². The molecule has 0 unspecified atom stereocenters. The molecule has 0 radical (unpaired) electrons. The van der Waals surface area contributed by atoms with Crippen molar-refractivity contribution in [2.75, 3.05) is 25.9 Å². The highest BCUT2D eigenvalue weighted by atomic mass is 32.2. The van der Waals surface area contributed by atoms with Gasteiger partial charge in [-0.25, -0.2) is 13.1 Å². The Morgan fingerprint density at radius 3 is 2.26 bits per heavy atom. The molecule has 2 fully saturated rings. The van der Waals surface area contributed by atoms with Crippen LogP contribution in [0.2, 0.25) is 0 Å². The number of hydrogen-bond acceptors (Lipinski definition) is 4. The average molecular weight is 442 g/mol. The van der Waals surface area contributed by atoms with E-state index in [1.54, 1.807) is 0 Å². The lowest BCUT2D eigenvalue weighted by molar-refractivity contribution is -0.124. The molecule has 6 nitrogen and oxygen atoms in total. The van der Waals surface area contributed by atoms with E-state index < -0.39 is 15.4 Å². The highest BCUT2D eigenvalue weighted by molar-refractivity contribution is 7.88. The van der Waals surface area contributed by atoms with Crippen molar-refractivity contribution in [2.45, 2.75) is 43.7 Å². The van der Waals surface area contributed by atoms with Gasteiger partial charge < -0.3 is 10.2 Å². The number of carbonyl (C=O) groups is 1. The van der Waals surface area contributed by atoms with Gasteiger partial charge in [-0.1, -0.05) is 54.6 Å². The number of nitrogens with one attached hydrogen (secondary N) is 2. The predicted octanol–water partition coefficient (Wildman–Crippen LogP) is 2.72. The third-order valence-electron chi connectivity index (χ3n) is 6.38. The molecule has 0 spiro atoms. The summed E-state index contributed by atoms with van der Waals surface area (Å²) in [5, 5.41) is 3.35. The Bertz CT molecular complexity index is 996. The first-order chi connectivity index (χ1) is 14.9. The summed E-state index contributed by atoms with van der Waals surface area (Å²) in [4.78, 5) is 15.8. The first-order valence-corrected chi connectivity index (χ1v) is 12.9. The molecule has 1 amide bonds. The minimum absolute atomic E-state index is 0.0255. The smallest absolute Gasteiger partial charge is 0.231 e. The standard InChI is InChI=1S/C24H31N3O3S/c1-31(29,30)25-17-19-9-11-21(12-10-19)24(13-14-24)23(28)26-22(18-27-15-5-6-16-27)20-7-3-2-4-8-20/h2-4,7-12,22,25H,5-6,13-18H2,1H3,(H,26,28)/t22-/m1/s1. The highest BCUT2D eigenvalue weighted by Gasteiger charge is 2.51. The molecule has 1 heterocycles. The molecule has 1 aliphatic heterocycles. The van der Waals surface area contributed by atoms with E-state index in [4.69, 9.17) is 0 Å². The molecule has 2 aromatic rings. The lowest BCUT2D eigenvalue weighted by Crippen LogP contribution is -2.41. The van der Waals surface area contributed by atoms with Crippen molar-refractivity contribution in [1.82, 2.24) is 14.9 Å². The van der Waals surface area contributed by atoms with Crippen LogP contribution in [0.15, 0.2) is 54.6 Å². The van der Waals surface area contributed by atoms with E-state index in [9.17, 15) is 13.2 Å². The molecule has 2 aromatic carbocycles. The summed E-state index contributed by atoms with van der Waals surface area (Å²) in [6, 6.07) is 17.9. The molecule has 0 aromatic heterocycles. The number of likely N-dealkylation sites (tertiary alicyclic amines) is 1. The minimum Gasteiger partial charge on any atom is -0.347 e. The zero-order chi connectivity index (χ0) is 21.9. The predicted molar refractivity (Wildman–Crippen MR) is 122 cm³/mol. The molecule has 0 bridgehead atoms. The van der Waals surface area contributed by atoms with Crippen LogP contribution < -0.4 is 10.0 Å². The molecular formula is C24H31N3O3S. The van der Waals surface area contributed by atoms with Crippen LogP contribution in [0.3, 0.4) is 0 Å². The maximum atomic E-state index is 13.4. The first kappa shape index (κ1) is 22.0. The normalized spacial score (nSPS) is 19.1. The van der Waals surface area contributed by atoms with Crippen LogP contribution in [0.1, 0.15) is 48.4 Å². The van der Waals surface area contributed by atoms with Gasteiger partial charge in [0.25, 0.3) is 0 Å². The third-order valence-corrected chi connectivity index (χ3v) is 7.05. The summed E-state index contributed by atoms with van der Waals surface area (Å²) in [6.45, 7) is 3.27. The van der Waals surface area contributed by atoms with Gasteiger partial charge in [0, 0.05) is 13.1 Å². The van der Waals surface area contributed by atoms with Crippen LogP contribution in [-0.4, -0.2) is 45.1 Å². The summed E-state index contributed by atoms with van der Waals surface area (Å²) in [6.07, 6.45) is 5.27. The Hall–Kier alpha value is -2.22. The lowest BCUT2D eigenvalue weighted by Gasteiger charge is -2.27. The second-order valence-corrected chi connectivity index (χ2v) is 10.6. The fraction of sp³-hybridized carbons (Fsp3) is 0.458. The van der Waals surface area contributed by atoms with Crippen LogP contribution in [0.25, 0.3) is 0 Å². The first-order valence-electron chi connectivity index (χ1n) is 11.0. The van der Waals surface area contributed by atoms with E-state index in [2.05, 4.69) is 27.1 Å². The fourth-order valence-electron chi connectivity index (χ4n) is 4.37. The zero-order valence-corrected chi connectivity index (χ0v) is 18.8. The van der Waals surface area contributed by atoms with Crippen LogP contribution in [0, 0.1) is 0 Å². The monoisotopic (exact) mass is 441 g/mol. The Morgan fingerprint density at radius 1 is 1.03 bits per heavy atom. The van der Waals surface area contributed by atoms with E-state index in [1.165, 1.54) is 12.8 Å². The van der Waals surface area contributed by atoms with Gasteiger partial charge in [-0.05, 0) is 55.5 Å². The third kappa shape index (κ3) is 5.53. The van der Waals surface area contributed by atoms with Gasteiger partial charge >= 0.3 is 0 Å². The van der Waals surface area contributed by atoms with E-state index in [0.29, 0.717) is 0 Å². The molecule has 166 valence electrons. The second-order valence-electron chi connectivity index (χ2n) is 8.82. The Labute approximate surface area is 185 Å². The Morgan fingerprint density at radius 2 is 1.68 bits per heavy atom. The summed E-state index contributed by atoms with van der Waals surface area (Å²) in [7, 11) is -3.23. The Balaban J connectivity index is 1.46. The van der Waals surface area contributed by atoms with Crippen molar-refractivity contribution in [3.05, 3.63) is 71.3 Å². The second kappa shape index (κ2) is 9.10. The quantitative estimate of drug-likeness (QED) is 0.627. The molecule has 1 saturated carbocycles. The number of hydrogen-bond donors (Lipinski definition) is 2. The lowest BCUT2D eigenvalue weighted by atomic mass is 9.93. The van der Waals surface area contributed by atoms with Gasteiger partial charge in [-0.15, -0.1) is 0 Å². The molecule has 4 rings (SSSR count). The molecule has 1 aliphatic carbocycles. The van der Waals surface area contributed by atoms with Crippen molar-refractivity contribution in [3.8, 4) is 0 Å². The number of sulfonamides is 1. The summed E-state index contributed by atoms with van der Waals surface area (Å²) >= 11 is 0. The van der Waals surface area contributed by atoms with Crippen LogP contribution in [0.5, 0.6) is 0 Å². The van der Waals surface area contributed by atoms with E-state index >= 15 is 0 Å². The topological polar surface area (TPSA) is 78.5 Å². The van der Waals surface area contributed by atoms with Crippen LogP contribution >= 0.6 is 0 Å². The largest absolute Gasteiger partial charge is 0.347 e. The number of carbonyl (C=O) groups excluding carboxylic acids is 1. The zero-order valence-electron chi connectivity index (χ0n) is 18.0. The van der Waals surface area contributed by atoms with Gasteiger partial charge in [0.15, 0.2) is 0 Å². The van der Waals surface area contributed by atoms with Gasteiger partial charge in [0.1, 0.15) is 0 Å². The SMILES string of the molecule is CS(=O)(=O)NCc1ccc(C2(C(=O)N[C@H](CN3CCCC3)c3ccccc3)CC2)cc1. The summed E-state index contributed by atoms with van der Waals surface area (Å²) in [5.41, 5.74) is 2.55. The van der Waals surface area contributed by atoms with Gasteiger partial charge in [-0.3, -0.25) is 4.79 Å². The van der Waals surface area contributed by atoms with E-state index in [1.807, 2.05) is 42.5 Å². The van der Waals surface area contributed by atoms with E-state index in [0.717, 1.165) is 55.4 Å². The van der Waals surface area contributed by atoms with Crippen LogP contribution in [0.4, 0.5) is 0 Å². The maximum Gasteiger partial charge on any atom is 0.231 e. The molecule has 1 atom stereocenters. The van der Waals surface area contributed by atoms with E-state index in [-0.39, 0.29) is 18.5 Å². The number of nitrogens with zero attached hydrogens (tertiary/aromatic N) is 1. The number of rotatable bonds is 9. The Kier molecular flexibility index (Phi) is 6.46. The fourth-order valence-corrected chi connectivity index (χ4v) is 4.80. The summed E-state index contributed by atoms with van der Waals surface area (Å²) < 4.78 is 25.1. The molecule has 7 heteroatoms. The van der Waals surface area contributed by atoms with Crippen molar-refractivity contribution < 1.29 is 13.2 Å². The minimum atomic E-state index is -3.23. The van der Waals surface area contributed by atoms with Crippen molar-refractivity contribution in [3.63, 3.8) is 0 Å². The molecular weight excluding hydrogens is 410 g/mol. The highest BCUT2D eigenvalue weighted by Crippen LogP contribution is 2.48. The van der Waals surface area contributed by atoms with Crippen molar-refractivity contribution >= 4 is 15.9 Å². The molecule has 2 N–H and O–H groups in total. The molecule has 2 aliphatic rings. The van der Waals surface area contributed by atoms with Crippen molar-refractivity contribution in [2.24, 2.45) is 0 Å². The summed E-state index contributed by atoms with van der Waals surface area (Å²) in [5.74, 6) is 0.0857. The maximum absolute atomic E-state index is 13.4. The number of benzene rings is 2. The molecule has 31 heavy (non-hydrogen) atoms. The molecule has 1 saturated heterocycles. The van der Waals surface area contributed by atoms with Gasteiger partial charge in [0.05, 0.1) is 17.7 Å².